The minimum absolute atomic E-state index is 0.422. The van der Waals surface area contributed by atoms with Gasteiger partial charge in [0.1, 0.15) is 17.2 Å². The Morgan fingerprint density at radius 2 is 1.21 bits per heavy atom. The number of rotatable bonds is 9. The monoisotopic (exact) mass is 503 g/mol. The van der Waals surface area contributed by atoms with Crippen molar-refractivity contribution in [2.75, 3.05) is 18.9 Å². The first-order valence-electron chi connectivity index (χ1n) is 9.29. The number of nitrogens with two attached hydrogens (primary N) is 1. The molecule has 0 amide bonds. The molecular formula is C23H22INO4. The summed E-state index contributed by atoms with van der Waals surface area (Å²) in [5, 5.41) is 0. The molecule has 3 rings (SSSR count). The zero-order valence-electron chi connectivity index (χ0n) is 15.8. The second-order valence-electron chi connectivity index (χ2n) is 6.34. The molecule has 0 fully saturated rings. The maximum absolute atomic E-state index is 12.2. The van der Waals surface area contributed by atoms with Gasteiger partial charge >= 0.3 is 5.97 Å². The number of nitrogen functional groups attached to an aromatic ring is 1. The Morgan fingerprint density at radius 3 is 1.76 bits per heavy atom. The maximum atomic E-state index is 12.2. The van der Waals surface area contributed by atoms with Crippen LogP contribution in [0, 0.1) is 3.57 Å². The predicted octanol–water partition coefficient (Wildman–Crippen LogP) is 5.33. The van der Waals surface area contributed by atoms with Gasteiger partial charge in [-0.1, -0.05) is 0 Å². The van der Waals surface area contributed by atoms with Crippen LogP contribution in [0.15, 0.2) is 72.8 Å². The molecule has 0 saturated heterocycles. The summed E-state index contributed by atoms with van der Waals surface area (Å²) in [6, 6.07) is 21.6. The molecular weight excluding hydrogens is 481 g/mol. The van der Waals surface area contributed by atoms with Crippen molar-refractivity contribution in [3.63, 3.8) is 0 Å². The molecule has 0 spiro atoms. The van der Waals surface area contributed by atoms with Crippen molar-refractivity contribution in [3.8, 4) is 17.2 Å². The van der Waals surface area contributed by atoms with Gasteiger partial charge in [0.25, 0.3) is 0 Å². The average molecular weight is 503 g/mol. The van der Waals surface area contributed by atoms with Gasteiger partial charge in [-0.25, -0.2) is 4.79 Å². The molecule has 29 heavy (non-hydrogen) atoms. The van der Waals surface area contributed by atoms with Crippen LogP contribution in [0.2, 0.25) is 0 Å². The van der Waals surface area contributed by atoms with E-state index in [1.165, 1.54) is 3.57 Å². The molecule has 0 aromatic heterocycles. The number of anilines is 1. The Kier molecular flexibility index (Phi) is 7.75. The standard InChI is InChI=1S/C23H22INO4/c24-18-5-11-21(12-6-18)28-16-2-1-15-27-20-9-3-17(4-10-20)23(26)29-22-13-7-19(25)8-14-22/h3-14H,1-2,15-16,25H2. The van der Waals surface area contributed by atoms with Crippen molar-refractivity contribution in [2.45, 2.75) is 12.8 Å². The summed E-state index contributed by atoms with van der Waals surface area (Å²) in [5.74, 6) is 1.63. The van der Waals surface area contributed by atoms with Gasteiger partial charge in [0.05, 0.1) is 18.8 Å². The molecule has 0 aliphatic rings. The molecule has 0 unspecified atom stereocenters. The van der Waals surface area contributed by atoms with E-state index < -0.39 is 5.97 Å². The van der Waals surface area contributed by atoms with Crippen LogP contribution in [0.4, 0.5) is 5.69 Å². The SMILES string of the molecule is Nc1ccc(OC(=O)c2ccc(OCCCCOc3ccc(I)cc3)cc2)cc1. The molecule has 0 bridgehead atoms. The summed E-state index contributed by atoms with van der Waals surface area (Å²) >= 11 is 2.27. The molecule has 0 aliphatic carbocycles. The van der Waals surface area contributed by atoms with E-state index in [2.05, 4.69) is 22.6 Å². The highest BCUT2D eigenvalue weighted by Crippen LogP contribution is 2.18. The van der Waals surface area contributed by atoms with Crippen molar-refractivity contribution >= 4 is 34.2 Å². The third-order valence-electron chi connectivity index (χ3n) is 4.07. The van der Waals surface area contributed by atoms with Gasteiger partial charge in [-0.05, 0) is 108 Å². The molecule has 150 valence electrons. The van der Waals surface area contributed by atoms with Crippen molar-refractivity contribution in [1.29, 1.82) is 0 Å². The zero-order valence-corrected chi connectivity index (χ0v) is 18.0. The number of esters is 1. The van der Waals surface area contributed by atoms with Gasteiger partial charge in [0.2, 0.25) is 0 Å². The Morgan fingerprint density at radius 1 is 0.724 bits per heavy atom. The van der Waals surface area contributed by atoms with E-state index >= 15 is 0 Å². The summed E-state index contributed by atoms with van der Waals surface area (Å²) in [5.41, 5.74) is 6.70. The van der Waals surface area contributed by atoms with E-state index in [9.17, 15) is 4.79 Å². The minimum atomic E-state index is -0.422. The lowest BCUT2D eigenvalue weighted by atomic mass is 10.2. The van der Waals surface area contributed by atoms with E-state index in [0.717, 1.165) is 18.6 Å². The molecule has 3 aromatic rings. The first kappa shape index (κ1) is 21.0. The molecule has 0 radical (unpaired) electrons. The largest absolute Gasteiger partial charge is 0.494 e. The Balaban J connectivity index is 1.36. The number of benzene rings is 3. The maximum Gasteiger partial charge on any atom is 0.343 e. The summed E-state index contributed by atoms with van der Waals surface area (Å²) in [7, 11) is 0. The summed E-state index contributed by atoms with van der Waals surface area (Å²) in [4.78, 5) is 12.2. The minimum Gasteiger partial charge on any atom is -0.494 e. The fourth-order valence-corrected chi connectivity index (χ4v) is 2.86. The lowest BCUT2D eigenvalue weighted by molar-refractivity contribution is 0.0734. The Labute approximate surface area is 183 Å². The highest BCUT2D eigenvalue weighted by Gasteiger charge is 2.08. The fourth-order valence-electron chi connectivity index (χ4n) is 2.50. The Hall–Kier alpha value is -2.74. The van der Waals surface area contributed by atoms with E-state index in [0.29, 0.717) is 36.0 Å². The van der Waals surface area contributed by atoms with Gasteiger partial charge in [-0.3, -0.25) is 0 Å². The van der Waals surface area contributed by atoms with Crippen LogP contribution in [0.5, 0.6) is 17.2 Å². The fraction of sp³-hybridized carbons (Fsp3) is 0.174. The molecule has 2 N–H and O–H groups in total. The second kappa shape index (κ2) is 10.7. The molecule has 0 saturated carbocycles. The van der Waals surface area contributed by atoms with Crippen LogP contribution < -0.4 is 19.9 Å². The van der Waals surface area contributed by atoms with E-state index in [4.69, 9.17) is 19.9 Å². The number of hydrogen-bond acceptors (Lipinski definition) is 5. The number of carbonyl (C=O) groups is 1. The predicted molar refractivity (Wildman–Crippen MR) is 122 cm³/mol. The van der Waals surface area contributed by atoms with E-state index in [1.54, 1.807) is 48.5 Å². The molecule has 0 atom stereocenters. The molecule has 3 aromatic carbocycles. The van der Waals surface area contributed by atoms with Crippen LogP contribution >= 0.6 is 22.6 Å². The highest BCUT2D eigenvalue weighted by molar-refractivity contribution is 14.1. The average Bonchev–Trinajstić information content (AvgIpc) is 2.74. The Bertz CT molecular complexity index is 909. The van der Waals surface area contributed by atoms with Crippen LogP contribution in [0.25, 0.3) is 0 Å². The van der Waals surface area contributed by atoms with Gasteiger partial charge in [0.15, 0.2) is 0 Å². The molecule has 6 heteroatoms. The van der Waals surface area contributed by atoms with E-state index in [1.807, 2.05) is 24.3 Å². The number of carbonyl (C=O) groups excluding carboxylic acids is 1. The van der Waals surface area contributed by atoms with Gasteiger partial charge in [-0.15, -0.1) is 0 Å². The van der Waals surface area contributed by atoms with Crippen LogP contribution in [0.3, 0.4) is 0 Å². The molecule has 0 heterocycles. The smallest absolute Gasteiger partial charge is 0.343 e. The van der Waals surface area contributed by atoms with Gasteiger partial charge in [-0.2, -0.15) is 0 Å². The topological polar surface area (TPSA) is 70.8 Å². The van der Waals surface area contributed by atoms with Crippen molar-refractivity contribution in [1.82, 2.24) is 0 Å². The second-order valence-corrected chi connectivity index (χ2v) is 7.59. The third kappa shape index (κ3) is 6.98. The number of hydrogen-bond donors (Lipinski definition) is 1. The first-order chi connectivity index (χ1) is 14.1. The van der Waals surface area contributed by atoms with E-state index in [-0.39, 0.29) is 0 Å². The van der Waals surface area contributed by atoms with Gasteiger partial charge in [0, 0.05) is 9.26 Å². The summed E-state index contributed by atoms with van der Waals surface area (Å²) in [6.07, 6.45) is 1.78. The number of halogens is 1. The molecule has 5 nitrogen and oxygen atoms in total. The number of unbranched alkanes of at least 4 members (excludes halogenated alkanes) is 1. The van der Waals surface area contributed by atoms with Gasteiger partial charge < -0.3 is 19.9 Å². The normalized spacial score (nSPS) is 10.4. The lowest BCUT2D eigenvalue weighted by Crippen LogP contribution is -2.08. The summed E-state index contributed by atoms with van der Waals surface area (Å²) < 4.78 is 17.9. The number of ether oxygens (including phenoxy) is 3. The van der Waals surface area contributed by atoms with Crippen LogP contribution in [0.1, 0.15) is 23.2 Å². The zero-order chi connectivity index (χ0) is 20.5. The van der Waals surface area contributed by atoms with Crippen molar-refractivity contribution < 1.29 is 19.0 Å². The van der Waals surface area contributed by atoms with Crippen LogP contribution in [-0.2, 0) is 0 Å². The lowest BCUT2D eigenvalue weighted by Gasteiger charge is -2.09. The first-order valence-corrected chi connectivity index (χ1v) is 10.4. The third-order valence-corrected chi connectivity index (χ3v) is 4.79. The van der Waals surface area contributed by atoms with Crippen LogP contribution in [-0.4, -0.2) is 19.2 Å². The van der Waals surface area contributed by atoms with Crippen molar-refractivity contribution in [3.05, 3.63) is 81.9 Å². The van der Waals surface area contributed by atoms with Crippen molar-refractivity contribution in [2.24, 2.45) is 0 Å². The quantitative estimate of drug-likeness (QED) is 0.141. The molecule has 0 aliphatic heterocycles. The summed E-state index contributed by atoms with van der Waals surface area (Å²) in [6.45, 7) is 1.24. The highest BCUT2D eigenvalue weighted by atomic mass is 127.